The smallest absolute Gasteiger partial charge is 0.207 e. The third-order valence-electron chi connectivity index (χ3n) is 2.59. The second kappa shape index (κ2) is 4.39. The van der Waals surface area contributed by atoms with Gasteiger partial charge in [0.05, 0.1) is 5.69 Å². The number of anilines is 1. The van der Waals surface area contributed by atoms with Crippen LogP contribution in [-0.2, 0) is 0 Å². The molecule has 0 saturated carbocycles. The Labute approximate surface area is 96.1 Å². The Morgan fingerprint density at radius 3 is 2.81 bits per heavy atom. The highest BCUT2D eigenvalue weighted by Gasteiger charge is 2.05. The number of nitrogens with zero attached hydrogens (tertiary/aromatic N) is 2. The largest absolute Gasteiger partial charge is 0.356 e. The molecule has 0 fully saturated rings. The topological polar surface area (TPSA) is 29.9 Å². The quantitative estimate of drug-likeness (QED) is 0.853. The lowest BCUT2D eigenvalue weighted by Crippen LogP contribution is -2.06. The Bertz CT molecular complexity index is 486. The fraction of sp³-hybridized carbons (Fsp3) is 0.308. The van der Waals surface area contributed by atoms with Gasteiger partial charge >= 0.3 is 0 Å². The average Bonchev–Trinajstić information content (AvgIpc) is 2.67. The molecule has 2 aromatic rings. The maximum absolute atomic E-state index is 4.30. The van der Waals surface area contributed by atoms with E-state index in [9.17, 15) is 0 Å². The van der Waals surface area contributed by atoms with Crippen LogP contribution in [0.1, 0.15) is 18.1 Å². The molecule has 0 bridgehead atoms. The van der Waals surface area contributed by atoms with E-state index in [0.29, 0.717) is 0 Å². The molecule has 0 aliphatic heterocycles. The Kier molecular flexibility index (Phi) is 2.95. The Morgan fingerprint density at radius 1 is 1.31 bits per heavy atom. The monoisotopic (exact) mass is 215 g/mol. The fourth-order valence-electron chi connectivity index (χ4n) is 1.86. The second-order valence-corrected chi connectivity index (χ2v) is 3.94. The van der Waals surface area contributed by atoms with Crippen molar-refractivity contribution in [2.24, 2.45) is 0 Å². The van der Waals surface area contributed by atoms with Crippen molar-refractivity contribution in [1.29, 1.82) is 0 Å². The number of hydrogen-bond acceptors (Lipinski definition) is 2. The highest BCUT2D eigenvalue weighted by molar-refractivity contribution is 5.48. The van der Waals surface area contributed by atoms with Crippen LogP contribution in [0.4, 0.5) is 5.95 Å². The molecule has 2 rings (SSSR count). The van der Waals surface area contributed by atoms with Crippen molar-refractivity contribution in [3.05, 3.63) is 41.7 Å². The van der Waals surface area contributed by atoms with Crippen LogP contribution in [-0.4, -0.2) is 16.1 Å². The normalized spacial score (nSPS) is 10.4. The second-order valence-electron chi connectivity index (χ2n) is 3.94. The number of benzene rings is 1. The van der Waals surface area contributed by atoms with Crippen LogP contribution in [0.25, 0.3) is 5.69 Å². The molecule has 0 unspecified atom stereocenters. The third-order valence-corrected chi connectivity index (χ3v) is 2.59. The van der Waals surface area contributed by atoms with Crippen molar-refractivity contribution < 1.29 is 0 Å². The summed E-state index contributed by atoms with van der Waals surface area (Å²) in [7, 11) is 0. The number of rotatable bonds is 3. The maximum Gasteiger partial charge on any atom is 0.207 e. The molecule has 0 amide bonds. The number of aromatic nitrogens is 2. The molecule has 84 valence electrons. The van der Waals surface area contributed by atoms with Gasteiger partial charge in [0.15, 0.2) is 0 Å². The molecule has 0 spiro atoms. The summed E-state index contributed by atoms with van der Waals surface area (Å²) in [6, 6.07) is 6.44. The van der Waals surface area contributed by atoms with Gasteiger partial charge in [-0.15, -0.1) is 0 Å². The van der Waals surface area contributed by atoms with Crippen molar-refractivity contribution in [2.75, 3.05) is 11.9 Å². The summed E-state index contributed by atoms with van der Waals surface area (Å²) in [5.74, 6) is 0.898. The number of nitrogens with one attached hydrogen (secondary N) is 1. The van der Waals surface area contributed by atoms with Gasteiger partial charge in [-0.3, -0.25) is 4.57 Å². The minimum Gasteiger partial charge on any atom is -0.356 e. The Morgan fingerprint density at radius 2 is 2.12 bits per heavy atom. The van der Waals surface area contributed by atoms with E-state index in [1.807, 2.05) is 12.4 Å². The van der Waals surface area contributed by atoms with Gasteiger partial charge in [-0.1, -0.05) is 17.7 Å². The lowest BCUT2D eigenvalue weighted by molar-refractivity contribution is 1.01. The zero-order valence-corrected chi connectivity index (χ0v) is 9.99. The third kappa shape index (κ3) is 1.94. The molecule has 1 N–H and O–H groups in total. The van der Waals surface area contributed by atoms with Gasteiger partial charge in [-0.2, -0.15) is 0 Å². The van der Waals surface area contributed by atoms with Crippen molar-refractivity contribution in [3.8, 4) is 5.69 Å². The first-order valence-electron chi connectivity index (χ1n) is 5.57. The summed E-state index contributed by atoms with van der Waals surface area (Å²) in [6.07, 6.45) is 3.80. The van der Waals surface area contributed by atoms with E-state index in [0.717, 1.165) is 12.5 Å². The van der Waals surface area contributed by atoms with E-state index >= 15 is 0 Å². The van der Waals surface area contributed by atoms with Gasteiger partial charge < -0.3 is 5.32 Å². The molecular formula is C13H17N3. The minimum absolute atomic E-state index is 0.877. The van der Waals surface area contributed by atoms with Crippen LogP contribution >= 0.6 is 0 Å². The van der Waals surface area contributed by atoms with Gasteiger partial charge in [0, 0.05) is 18.9 Å². The van der Waals surface area contributed by atoms with Gasteiger partial charge in [0.25, 0.3) is 0 Å². The van der Waals surface area contributed by atoms with Crippen molar-refractivity contribution >= 4 is 5.95 Å². The first-order valence-corrected chi connectivity index (χ1v) is 5.57. The minimum atomic E-state index is 0.877. The summed E-state index contributed by atoms with van der Waals surface area (Å²) >= 11 is 0. The zero-order chi connectivity index (χ0) is 11.5. The molecule has 1 aromatic carbocycles. The molecule has 3 nitrogen and oxygen atoms in total. The molecule has 16 heavy (non-hydrogen) atoms. The summed E-state index contributed by atoms with van der Waals surface area (Å²) in [4.78, 5) is 4.30. The SMILES string of the molecule is CCNc1nccn1-c1ccc(C)cc1C. The summed E-state index contributed by atoms with van der Waals surface area (Å²) in [6.45, 7) is 7.18. The van der Waals surface area contributed by atoms with Crippen molar-refractivity contribution in [3.63, 3.8) is 0 Å². The molecule has 0 atom stereocenters. The maximum atomic E-state index is 4.30. The van der Waals surface area contributed by atoms with Crippen molar-refractivity contribution in [2.45, 2.75) is 20.8 Å². The predicted octanol–water partition coefficient (Wildman–Crippen LogP) is 2.92. The van der Waals surface area contributed by atoms with Crippen LogP contribution < -0.4 is 5.32 Å². The fourth-order valence-corrected chi connectivity index (χ4v) is 1.86. The highest BCUT2D eigenvalue weighted by Crippen LogP contribution is 2.19. The lowest BCUT2D eigenvalue weighted by Gasteiger charge is -2.11. The predicted molar refractivity (Wildman–Crippen MR) is 67.2 cm³/mol. The van der Waals surface area contributed by atoms with E-state index in [2.05, 4.69) is 53.8 Å². The highest BCUT2D eigenvalue weighted by atomic mass is 15.2. The molecule has 0 radical (unpaired) electrons. The van der Waals surface area contributed by atoms with E-state index < -0.39 is 0 Å². The zero-order valence-electron chi connectivity index (χ0n) is 9.99. The summed E-state index contributed by atoms with van der Waals surface area (Å²) in [5.41, 5.74) is 3.72. The number of aryl methyl sites for hydroxylation is 2. The molecule has 0 aliphatic carbocycles. The first kappa shape index (κ1) is 10.7. The summed E-state index contributed by atoms with van der Waals surface area (Å²) < 4.78 is 2.08. The van der Waals surface area contributed by atoms with E-state index in [1.165, 1.54) is 16.8 Å². The molecule has 0 saturated heterocycles. The first-order chi connectivity index (χ1) is 7.72. The van der Waals surface area contributed by atoms with Crippen LogP contribution in [0.2, 0.25) is 0 Å². The standard InChI is InChI=1S/C13H17N3/c1-4-14-13-15-7-8-16(13)12-6-5-10(2)9-11(12)3/h5-9H,4H2,1-3H3,(H,14,15). The number of hydrogen-bond donors (Lipinski definition) is 1. The van der Waals surface area contributed by atoms with E-state index in [-0.39, 0.29) is 0 Å². The van der Waals surface area contributed by atoms with Gasteiger partial charge in [0.2, 0.25) is 5.95 Å². The molecular weight excluding hydrogens is 198 g/mol. The van der Waals surface area contributed by atoms with Crippen LogP contribution in [0.15, 0.2) is 30.6 Å². The van der Waals surface area contributed by atoms with Crippen LogP contribution in [0.5, 0.6) is 0 Å². The Balaban J connectivity index is 2.46. The molecule has 1 heterocycles. The molecule has 1 aromatic heterocycles. The van der Waals surface area contributed by atoms with Gasteiger partial charge in [-0.05, 0) is 32.4 Å². The average molecular weight is 215 g/mol. The van der Waals surface area contributed by atoms with Crippen molar-refractivity contribution in [1.82, 2.24) is 9.55 Å². The van der Waals surface area contributed by atoms with Gasteiger partial charge in [-0.25, -0.2) is 4.98 Å². The number of imidazole rings is 1. The van der Waals surface area contributed by atoms with Crippen LogP contribution in [0, 0.1) is 13.8 Å². The Hall–Kier alpha value is -1.77. The molecule has 0 aliphatic rings. The van der Waals surface area contributed by atoms with E-state index in [1.54, 1.807) is 0 Å². The van der Waals surface area contributed by atoms with Crippen LogP contribution in [0.3, 0.4) is 0 Å². The van der Waals surface area contributed by atoms with E-state index in [4.69, 9.17) is 0 Å². The molecule has 3 heteroatoms. The van der Waals surface area contributed by atoms with Gasteiger partial charge in [0.1, 0.15) is 0 Å². The lowest BCUT2D eigenvalue weighted by atomic mass is 10.1. The summed E-state index contributed by atoms with van der Waals surface area (Å²) in [5, 5.41) is 3.25.